The molecule has 0 aliphatic heterocycles. The van der Waals surface area contributed by atoms with Crippen molar-refractivity contribution in [2.45, 2.75) is 69.6 Å². The molecule has 0 amide bonds. The fraction of sp³-hybridized carbons (Fsp3) is 0.467. The minimum atomic E-state index is -4.65. The first-order valence-electron chi connectivity index (χ1n) is 13.0. The van der Waals surface area contributed by atoms with Crippen molar-refractivity contribution in [3.63, 3.8) is 0 Å². The second-order valence-corrected chi connectivity index (χ2v) is 11.2. The lowest BCUT2D eigenvalue weighted by atomic mass is 9.51. The molecule has 0 bridgehead atoms. The standard InChI is InChI=1S/C30H29F3N2O2/c1-28-17-25(19-2-5-21(6-3-19)35-15-14-34-18-35)27-23-9-7-22(36)16-20(23)4-8-24(27)26(28)10-11-29(28,37)12-13-30(31,32)33/h2-3,5-6,14-16,18,24-26,37H,4,7-11,17H2,1H3/t24-,25+,26-,28-,29+/m0/s1. The number of hydrogen-bond acceptors (Lipinski definition) is 3. The Morgan fingerprint density at radius 1 is 1.14 bits per heavy atom. The number of imidazole rings is 1. The molecular formula is C30H29F3N2O2. The van der Waals surface area contributed by atoms with Crippen molar-refractivity contribution in [1.29, 1.82) is 0 Å². The summed E-state index contributed by atoms with van der Waals surface area (Å²) in [7, 11) is 0. The molecule has 0 radical (unpaired) electrons. The van der Waals surface area contributed by atoms with Crippen LogP contribution in [0.5, 0.6) is 0 Å². The molecule has 2 saturated carbocycles. The second-order valence-electron chi connectivity index (χ2n) is 11.2. The van der Waals surface area contributed by atoms with Crippen LogP contribution in [0.25, 0.3) is 5.69 Å². The maximum atomic E-state index is 13.1. The Morgan fingerprint density at radius 2 is 1.92 bits per heavy atom. The topological polar surface area (TPSA) is 55.1 Å². The minimum Gasteiger partial charge on any atom is -0.377 e. The lowest BCUT2D eigenvalue weighted by Crippen LogP contribution is -2.51. The van der Waals surface area contributed by atoms with Crippen LogP contribution in [0.15, 0.2) is 65.8 Å². The molecule has 1 heterocycles. The number of fused-ring (bicyclic) bond motifs is 4. The average Bonchev–Trinajstić information content (AvgIpc) is 3.49. The van der Waals surface area contributed by atoms with Crippen molar-refractivity contribution in [1.82, 2.24) is 9.55 Å². The predicted octanol–water partition coefficient (Wildman–Crippen LogP) is 6.07. The number of benzene rings is 1. The minimum absolute atomic E-state index is 0.0446. The van der Waals surface area contributed by atoms with Gasteiger partial charge >= 0.3 is 6.18 Å². The molecule has 192 valence electrons. The summed E-state index contributed by atoms with van der Waals surface area (Å²) in [5.74, 6) is 3.99. The Morgan fingerprint density at radius 3 is 2.62 bits per heavy atom. The maximum absolute atomic E-state index is 13.1. The van der Waals surface area contributed by atoms with E-state index in [1.54, 1.807) is 18.6 Å². The van der Waals surface area contributed by atoms with Crippen molar-refractivity contribution in [3.05, 3.63) is 71.3 Å². The van der Waals surface area contributed by atoms with E-state index < -0.39 is 17.2 Å². The van der Waals surface area contributed by atoms with Gasteiger partial charge < -0.3 is 9.67 Å². The van der Waals surface area contributed by atoms with Crippen LogP contribution < -0.4 is 0 Å². The number of alkyl halides is 3. The van der Waals surface area contributed by atoms with Crippen molar-refractivity contribution >= 4 is 5.78 Å². The fourth-order valence-electron chi connectivity index (χ4n) is 7.63. The summed E-state index contributed by atoms with van der Waals surface area (Å²) in [6.45, 7) is 1.94. The molecule has 4 aliphatic carbocycles. The van der Waals surface area contributed by atoms with Gasteiger partial charge in [-0.25, -0.2) is 4.98 Å². The van der Waals surface area contributed by atoms with Crippen molar-refractivity contribution in [3.8, 4) is 17.5 Å². The van der Waals surface area contributed by atoms with E-state index in [2.05, 4.69) is 23.0 Å². The fourth-order valence-corrected chi connectivity index (χ4v) is 7.63. The van der Waals surface area contributed by atoms with Gasteiger partial charge in [-0.2, -0.15) is 13.2 Å². The summed E-state index contributed by atoms with van der Waals surface area (Å²) in [6.07, 6.45) is 6.71. The lowest BCUT2D eigenvalue weighted by Gasteiger charge is -2.53. The van der Waals surface area contributed by atoms with Crippen LogP contribution in [0, 0.1) is 29.1 Å². The zero-order valence-electron chi connectivity index (χ0n) is 20.7. The van der Waals surface area contributed by atoms with E-state index >= 15 is 0 Å². The first-order valence-corrected chi connectivity index (χ1v) is 13.0. The number of rotatable bonds is 2. The summed E-state index contributed by atoms with van der Waals surface area (Å²) >= 11 is 0. The molecule has 2 aromatic rings. The number of hydrogen-bond donors (Lipinski definition) is 1. The van der Waals surface area contributed by atoms with E-state index in [1.807, 2.05) is 29.8 Å². The number of aliphatic hydroxyl groups is 1. The molecule has 4 nitrogen and oxygen atoms in total. The van der Waals surface area contributed by atoms with Crippen LogP contribution in [0.2, 0.25) is 0 Å². The third-order valence-electron chi connectivity index (χ3n) is 9.40. The summed E-state index contributed by atoms with van der Waals surface area (Å²) in [6, 6.07) is 8.21. The lowest BCUT2D eigenvalue weighted by molar-refractivity contribution is -0.114. The molecule has 6 rings (SSSR count). The van der Waals surface area contributed by atoms with E-state index in [0.717, 1.165) is 29.7 Å². The second kappa shape index (κ2) is 8.46. The number of ketones is 1. The van der Waals surface area contributed by atoms with Crippen LogP contribution >= 0.6 is 0 Å². The molecule has 37 heavy (non-hydrogen) atoms. The first-order chi connectivity index (χ1) is 17.6. The quantitative estimate of drug-likeness (QED) is 0.503. The van der Waals surface area contributed by atoms with Crippen molar-refractivity contribution < 1.29 is 23.1 Å². The molecule has 0 spiro atoms. The molecule has 2 fully saturated rings. The van der Waals surface area contributed by atoms with E-state index in [0.29, 0.717) is 25.7 Å². The van der Waals surface area contributed by atoms with Gasteiger partial charge in [0.2, 0.25) is 0 Å². The van der Waals surface area contributed by atoms with Gasteiger partial charge in [0.05, 0.1) is 6.33 Å². The number of allylic oxidation sites excluding steroid dienone is 4. The molecule has 4 aliphatic rings. The van der Waals surface area contributed by atoms with Gasteiger partial charge in [0, 0.05) is 41.8 Å². The third-order valence-corrected chi connectivity index (χ3v) is 9.40. The predicted molar refractivity (Wildman–Crippen MR) is 133 cm³/mol. The monoisotopic (exact) mass is 506 g/mol. The van der Waals surface area contributed by atoms with Crippen LogP contribution in [0.1, 0.15) is 63.4 Å². The molecule has 0 saturated heterocycles. The smallest absolute Gasteiger partial charge is 0.377 e. The Labute approximate surface area is 214 Å². The number of halogens is 3. The Hall–Kier alpha value is -3.11. The molecule has 5 atom stereocenters. The van der Waals surface area contributed by atoms with E-state index in [-0.39, 0.29) is 30.0 Å². The van der Waals surface area contributed by atoms with Gasteiger partial charge in [-0.3, -0.25) is 4.79 Å². The van der Waals surface area contributed by atoms with Gasteiger partial charge in [-0.1, -0.05) is 30.6 Å². The van der Waals surface area contributed by atoms with E-state index in [9.17, 15) is 23.1 Å². The normalized spacial score (nSPS) is 33.2. The molecule has 0 unspecified atom stereocenters. The molecule has 1 aromatic carbocycles. The van der Waals surface area contributed by atoms with Crippen LogP contribution in [0.4, 0.5) is 13.2 Å². The molecule has 1 N–H and O–H groups in total. The van der Waals surface area contributed by atoms with Gasteiger partial charge in [0.1, 0.15) is 5.60 Å². The highest BCUT2D eigenvalue weighted by Crippen LogP contribution is 2.66. The number of nitrogens with zero attached hydrogens (tertiary/aromatic N) is 2. The third kappa shape index (κ3) is 3.97. The molecule has 7 heteroatoms. The zero-order valence-corrected chi connectivity index (χ0v) is 20.7. The number of aromatic nitrogens is 2. The largest absolute Gasteiger partial charge is 0.457 e. The van der Waals surface area contributed by atoms with E-state index in [1.165, 1.54) is 17.1 Å². The van der Waals surface area contributed by atoms with Crippen LogP contribution in [-0.2, 0) is 4.79 Å². The summed E-state index contributed by atoms with van der Waals surface area (Å²) in [5.41, 5.74) is 3.28. The van der Waals surface area contributed by atoms with E-state index in [4.69, 9.17) is 0 Å². The number of carbonyl (C=O) groups is 1. The Balaban J connectivity index is 1.47. The van der Waals surface area contributed by atoms with Gasteiger partial charge in [-0.15, -0.1) is 0 Å². The Kier molecular flexibility index (Phi) is 5.54. The Bertz CT molecular complexity index is 1360. The SMILES string of the molecule is C[C@]12C[C@H](c3ccc(-n4ccnc4)cc3)C3=C4CCC(=O)C=C4CC[C@H]3[C@@H]1CC[C@@]2(O)C#CC(F)(F)F. The number of carbonyl (C=O) groups excluding carboxylic acids is 1. The van der Waals surface area contributed by atoms with Crippen LogP contribution in [0.3, 0.4) is 0 Å². The van der Waals surface area contributed by atoms with Gasteiger partial charge in [0.15, 0.2) is 5.78 Å². The molecular weight excluding hydrogens is 477 g/mol. The maximum Gasteiger partial charge on any atom is 0.457 e. The van der Waals surface area contributed by atoms with Crippen molar-refractivity contribution in [2.75, 3.05) is 0 Å². The summed E-state index contributed by atoms with van der Waals surface area (Å²) < 4.78 is 41.2. The van der Waals surface area contributed by atoms with Gasteiger partial charge in [-0.05, 0) is 85.3 Å². The summed E-state index contributed by atoms with van der Waals surface area (Å²) in [4.78, 5) is 16.3. The highest BCUT2D eigenvalue weighted by atomic mass is 19.4. The first kappa shape index (κ1) is 24.2. The molecule has 1 aromatic heterocycles. The highest BCUT2D eigenvalue weighted by molar-refractivity contribution is 5.93. The van der Waals surface area contributed by atoms with Crippen LogP contribution in [-0.4, -0.2) is 32.2 Å². The van der Waals surface area contributed by atoms with Gasteiger partial charge in [0.25, 0.3) is 0 Å². The highest BCUT2D eigenvalue weighted by Gasteiger charge is 2.62. The zero-order chi connectivity index (χ0) is 26.0. The average molecular weight is 507 g/mol. The summed E-state index contributed by atoms with van der Waals surface area (Å²) in [5, 5.41) is 11.6. The van der Waals surface area contributed by atoms with Crippen molar-refractivity contribution in [2.24, 2.45) is 17.3 Å².